The highest BCUT2D eigenvalue weighted by atomic mass is 16.6. The third kappa shape index (κ3) is 3.08. The van der Waals surface area contributed by atoms with E-state index in [-0.39, 0.29) is 18.0 Å². The van der Waals surface area contributed by atoms with E-state index in [9.17, 15) is 9.59 Å². The van der Waals surface area contributed by atoms with Crippen molar-refractivity contribution in [3.05, 3.63) is 52.6 Å². The molecule has 1 aliphatic rings. The van der Waals surface area contributed by atoms with Crippen LogP contribution >= 0.6 is 0 Å². The van der Waals surface area contributed by atoms with Gasteiger partial charge in [-0.25, -0.2) is 9.61 Å². The first-order valence-corrected chi connectivity index (χ1v) is 9.88. The van der Waals surface area contributed by atoms with Crippen LogP contribution in [0.25, 0.3) is 21.9 Å². The Morgan fingerprint density at radius 1 is 1.10 bits per heavy atom. The van der Waals surface area contributed by atoms with Crippen molar-refractivity contribution in [2.75, 3.05) is 23.3 Å². The lowest BCUT2D eigenvalue weighted by atomic mass is 10.2. The molecule has 2 aromatic heterocycles. The van der Waals surface area contributed by atoms with E-state index in [0.717, 1.165) is 31.6 Å². The molecule has 1 aliphatic heterocycles. The SMILES string of the molecule is Cc1nc2ccccc2c(=O)n1CC(=O)Nc1ccc(N2CCCC2)c2nonc12. The average molecular weight is 404 g/mol. The standard InChI is InChI=1S/C21H20N6O3/c1-13-22-15-7-3-2-6-14(15)21(29)27(13)12-18(28)23-16-8-9-17(26-10-4-5-11-26)20-19(16)24-30-25-20/h2-3,6-9H,4-5,10-12H2,1H3,(H,23,28). The third-order valence-electron chi connectivity index (χ3n) is 5.47. The van der Waals surface area contributed by atoms with Crippen LogP contribution in [0.1, 0.15) is 18.7 Å². The van der Waals surface area contributed by atoms with Gasteiger partial charge in [0.15, 0.2) is 11.0 Å². The fraction of sp³-hybridized carbons (Fsp3) is 0.286. The number of aromatic nitrogens is 4. The summed E-state index contributed by atoms with van der Waals surface area (Å²) in [4.78, 5) is 32.2. The molecular formula is C21H20N6O3. The summed E-state index contributed by atoms with van der Waals surface area (Å²) in [6, 6.07) is 10.8. The summed E-state index contributed by atoms with van der Waals surface area (Å²) < 4.78 is 6.32. The van der Waals surface area contributed by atoms with E-state index in [4.69, 9.17) is 4.63 Å². The second-order valence-electron chi connectivity index (χ2n) is 7.40. The number of hydrogen-bond acceptors (Lipinski definition) is 7. The van der Waals surface area contributed by atoms with Crippen LogP contribution in [0.15, 0.2) is 45.8 Å². The number of anilines is 2. The van der Waals surface area contributed by atoms with Gasteiger partial charge in [0.25, 0.3) is 5.56 Å². The molecule has 1 saturated heterocycles. The third-order valence-corrected chi connectivity index (χ3v) is 5.47. The molecule has 3 heterocycles. The minimum Gasteiger partial charge on any atom is -0.370 e. The minimum absolute atomic E-state index is 0.150. The Morgan fingerprint density at radius 3 is 2.70 bits per heavy atom. The maximum Gasteiger partial charge on any atom is 0.261 e. The number of nitrogens with one attached hydrogen (secondary N) is 1. The maximum atomic E-state index is 12.8. The van der Waals surface area contributed by atoms with Crippen LogP contribution in [-0.4, -0.2) is 38.9 Å². The van der Waals surface area contributed by atoms with Crippen molar-refractivity contribution in [1.82, 2.24) is 19.9 Å². The van der Waals surface area contributed by atoms with Crippen LogP contribution in [0.5, 0.6) is 0 Å². The molecule has 5 rings (SSSR count). The zero-order chi connectivity index (χ0) is 20.7. The lowest BCUT2D eigenvalue weighted by molar-refractivity contribution is -0.116. The monoisotopic (exact) mass is 404 g/mol. The number of amides is 1. The Kier molecular flexibility index (Phi) is 4.42. The number of aryl methyl sites for hydroxylation is 1. The van der Waals surface area contributed by atoms with Gasteiger partial charge >= 0.3 is 0 Å². The number of benzene rings is 2. The Balaban J connectivity index is 1.43. The summed E-state index contributed by atoms with van der Waals surface area (Å²) >= 11 is 0. The van der Waals surface area contributed by atoms with Gasteiger partial charge < -0.3 is 10.2 Å². The van der Waals surface area contributed by atoms with Crippen LogP contribution in [0, 0.1) is 6.92 Å². The molecule has 0 bridgehead atoms. The number of carbonyl (C=O) groups is 1. The molecule has 0 spiro atoms. The molecule has 9 heteroatoms. The van der Waals surface area contributed by atoms with Crippen molar-refractivity contribution >= 4 is 39.2 Å². The predicted octanol–water partition coefficient (Wildman–Crippen LogP) is 2.48. The number of rotatable bonds is 4. The van der Waals surface area contributed by atoms with Gasteiger partial charge in [-0.2, -0.15) is 0 Å². The van der Waals surface area contributed by atoms with Gasteiger partial charge in [-0.1, -0.05) is 12.1 Å². The maximum absolute atomic E-state index is 12.8. The molecule has 0 radical (unpaired) electrons. The highest BCUT2D eigenvalue weighted by Gasteiger charge is 2.20. The molecule has 1 fully saturated rings. The fourth-order valence-electron chi connectivity index (χ4n) is 3.97. The van der Waals surface area contributed by atoms with Crippen molar-refractivity contribution in [3.8, 4) is 0 Å². The molecule has 0 saturated carbocycles. The van der Waals surface area contributed by atoms with E-state index >= 15 is 0 Å². The summed E-state index contributed by atoms with van der Waals surface area (Å²) in [6.45, 7) is 3.49. The van der Waals surface area contributed by atoms with Gasteiger partial charge in [-0.3, -0.25) is 14.2 Å². The molecule has 0 unspecified atom stereocenters. The van der Waals surface area contributed by atoms with Gasteiger partial charge in [-0.15, -0.1) is 0 Å². The number of nitrogens with zero attached hydrogens (tertiary/aromatic N) is 5. The van der Waals surface area contributed by atoms with Crippen molar-refractivity contribution in [3.63, 3.8) is 0 Å². The van der Waals surface area contributed by atoms with E-state index in [1.807, 2.05) is 12.1 Å². The smallest absolute Gasteiger partial charge is 0.261 e. The predicted molar refractivity (Wildman–Crippen MR) is 113 cm³/mol. The van der Waals surface area contributed by atoms with Crippen LogP contribution in [-0.2, 0) is 11.3 Å². The van der Waals surface area contributed by atoms with Crippen LogP contribution in [0.3, 0.4) is 0 Å². The van der Waals surface area contributed by atoms with E-state index in [1.54, 1.807) is 31.2 Å². The summed E-state index contributed by atoms with van der Waals surface area (Å²) in [5.41, 5.74) is 2.94. The van der Waals surface area contributed by atoms with Crippen LogP contribution < -0.4 is 15.8 Å². The van der Waals surface area contributed by atoms with Gasteiger partial charge in [0.05, 0.1) is 22.3 Å². The summed E-state index contributed by atoms with van der Waals surface area (Å²) in [5.74, 6) is 0.127. The molecule has 9 nitrogen and oxygen atoms in total. The zero-order valence-electron chi connectivity index (χ0n) is 16.5. The van der Waals surface area contributed by atoms with Crippen LogP contribution in [0.4, 0.5) is 11.4 Å². The normalized spacial score (nSPS) is 14.0. The topological polar surface area (TPSA) is 106 Å². The first-order valence-electron chi connectivity index (χ1n) is 9.88. The average Bonchev–Trinajstić information content (AvgIpc) is 3.44. The number of hydrogen-bond donors (Lipinski definition) is 1. The summed E-state index contributed by atoms with van der Waals surface area (Å²) in [6.07, 6.45) is 2.28. The highest BCUT2D eigenvalue weighted by Crippen LogP contribution is 2.31. The molecule has 2 aromatic carbocycles. The molecular weight excluding hydrogens is 384 g/mol. The molecule has 1 N–H and O–H groups in total. The van der Waals surface area contributed by atoms with Crippen molar-refractivity contribution in [1.29, 1.82) is 0 Å². The Morgan fingerprint density at radius 2 is 1.87 bits per heavy atom. The highest BCUT2D eigenvalue weighted by molar-refractivity contribution is 6.03. The van der Waals surface area contributed by atoms with E-state index in [0.29, 0.717) is 33.4 Å². The quantitative estimate of drug-likeness (QED) is 0.557. The molecule has 4 aromatic rings. The van der Waals surface area contributed by atoms with E-state index in [1.165, 1.54) is 4.57 Å². The molecule has 0 atom stereocenters. The van der Waals surface area contributed by atoms with Gasteiger partial charge in [0.2, 0.25) is 5.91 Å². The summed E-state index contributed by atoms with van der Waals surface area (Å²) in [7, 11) is 0. The van der Waals surface area contributed by atoms with Gasteiger partial charge in [0.1, 0.15) is 12.4 Å². The Bertz CT molecular complexity index is 1320. The first-order chi connectivity index (χ1) is 14.6. The van der Waals surface area contributed by atoms with Crippen molar-refractivity contribution in [2.45, 2.75) is 26.3 Å². The van der Waals surface area contributed by atoms with Crippen LogP contribution in [0.2, 0.25) is 0 Å². The first kappa shape index (κ1) is 18.3. The van der Waals surface area contributed by atoms with E-state index < -0.39 is 0 Å². The Labute approximate surface area is 171 Å². The largest absolute Gasteiger partial charge is 0.370 e. The second kappa shape index (κ2) is 7.25. The number of fused-ring (bicyclic) bond motifs is 2. The fourth-order valence-corrected chi connectivity index (χ4v) is 3.97. The molecule has 30 heavy (non-hydrogen) atoms. The molecule has 0 aliphatic carbocycles. The van der Waals surface area contributed by atoms with Gasteiger partial charge in [-0.05, 0) is 54.3 Å². The molecule has 1 amide bonds. The number of para-hydroxylation sites is 1. The van der Waals surface area contributed by atoms with Crippen molar-refractivity contribution in [2.24, 2.45) is 0 Å². The van der Waals surface area contributed by atoms with Gasteiger partial charge in [0, 0.05) is 13.1 Å². The lowest BCUT2D eigenvalue weighted by Crippen LogP contribution is -2.30. The second-order valence-corrected chi connectivity index (χ2v) is 7.40. The van der Waals surface area contributed by atoms with E-state index in [2.05, 4.69) is 25.5 Å². The summed E-state index contributed by atoms with van der Waals surface area (Å²) in [5, 5.41) is 11.3. The number of carbonyl (C=O) groups excluding carboxylic acids is 1. The lowest BCUT2D eigenvalue weighted by Gasteiger charge is -2.18. The van der Waals surface area contributed by atoms with Crippen molar-refractivity contribution < 1.29 is 9.42 Å². The molecule has 152 valence electrons. The zero-order valence-corrected chi connectivity index (χ0v) is 16.5. The minimum atomic E-state index is -0.351. The Hall–Kier alpha value is -3.75.